The van der Waals surface area contributed by atoms with E-state index in [2.05, 4.69) is 4.18 Å². The zero-order chi connectivity index (χ0) is 14.3. The number of rotatable bonds is 2. The Bertz CT molecular complexity index is 779. The van der Waals surface area contributed by atoms with Crippen LogP contribution in [0.2, 0.25) is 0 Å². The lowest BCUT2D eigenvalue weighted by Crippen LogP contribution is -2.28. The van der Waals surface area contributed by atoms with Crippen molar-refractivity contribution in [1.82, 2.24) is 4.40 Å². The van der Waals surface area contributed by atoms with E-state index in [0.717, 1.165) is 10.5 Å². The molecule has 0 amide bonds. The van der Waals surface area contributed by atoms with E-state index in [9.17, 15) is 26.4 Å². The lowest BCUT2D eigenvalue weighted by Gasteiger charge is -2.09. The van der Waals surface area contributed by atoms with Crippen molar-refractivity contribution in [3.05, 3.63) is 46.9 Å². The molecule has 0 saturated carbocycles. The van der Waals surface area contributed by atoms with Gasteiger partial charge in [-0.1, -0.05) is 6.07 Å². The third-order valence-corrected chi connectivity index (χ3v) is 3.15. The van der Waals surface area contributed by atoms with Gasteiger partial charge in [-0.05, 0) is 12.1 Å². The summed E-state index contributed by atoms with van der Waals surface area (Å²) in [4.78, 5) is 11.5. The molecule has 0 atom stereocenters. The fourth-order valence-electron chi connectivity index (χ4n) is 1.38. The van der Waals surface area contributed by atoms with Crippen LogP contribution in [0.25, 0.3) is 5.52 Å². The molecule has 0 aliphatic carbocycles. The topological polar surface area (TPSA) is 64.9 Å². The van der Waals surface area contributed by atoms with Gasteiger partial charge in [-0.3, -0.25) is 9.20 Å². The summed E-state index contributed by atoms with van der Waals surface area (Å²) in [5.74, 6) is -0.687. The number of pyridine rings is 2. The second-order valence-corrected chi connectivity index (χ2v) is 5.05. The van der Waals surface area contributed by atoms with Crippen LogP contribution in [-0.4, -0.2) is 18.3 Å². The van der Waals surface area contributed by atoms with Crippen LogP contribution >= 0.6 is 0 Å². The molecule has 0 spiro atoms. The SMILES string of the molecule is O=c1cc(OS(=O)(=O)C(F)(F)F)cc2ccccn12. The zero-order valence-electron chi connectivity index (χ0n) is 9.09. The summed E-state index contributed by atoms with van der Waals surface area (Å²) in [7, 11) is -5.78. The van der Waals surface area contributed by atoms with E-state index in [0.29, 0.717) is 6.07 Å². The lowest BCUT2D eigenvalue weighted by molar-refractivity contribution is -0.0500. The molecule has 0 radical (unpaired) electrons. The maximum Gasteiger partial charge on any atom is 0.534 e. The van der Waals surface area contributed by atoms with Crippen LogP contribution in [0.1, 0.15) is 0 Å². The van der Waals surface area contributed by atoms with Crippen LogP contribution in [0.3, 0.4) is 0 Å². The summed E-state index contributed by atoms with van der Waals surface area (Å²) >= 11 is 0. The Morgan fingerprint density at radius 2 is 1.84 bits per heavy atom. The van der Waals surface area contributed by atoms with Crippen molar-refractivity contribution in [2.24, 2.45) is 0 Å². The third kappa shape index (κ3) is 2.55. The van der Waals surface area contributed by atoms with E-state index >= 15 is 0 Å². The first kappa shape index (κ1) is 13.4. The van der Waals surface area contributed by atoms with Crippen LogP contribution < -0.4 is 9.74 Å². The molecular formula is C10H6F3NO4S. The molecule has 2 rings (SSSR count). The largest absolute Gasteiger partial charge is 0.534 e. The summed E-state index contributed by atoms with van der Waals surface area (Å²) in [6, 6.07) is 6.19. The van der Waals surface area contributed by atoms with Gasteiger partial charge in [-0.25, -0.2) is 0 Å². The van der Waals surface area contributed by atoms with Crippen LogP contribution in [0.5, 0.6) is 5.75 Å². The molecule has 2 aromatic heterocycles. The highest BCUT2D eigenvalue weighted by atomic mass is 32.2. The van der Waals surface area contributed by atoms with Crippen LogP contribution in [-0.2, 0) is 10.1 Å². The molecule has 2 heterocycles. The minimum Gasteiger partial charge on any atom is -0.376 e. The Balaban J connectivity index is 2.52. The molecule has 0 fully saturated rings. The lowest BCUT2D eigenvalue weighted by atomic mass is 10.3. The number of hydrogen-bond donors (Lipinski definition) is 0. The zero-order valence-corrected chi connectivity index (χ0v) is 9.90. The fourth-order valence-corrected chi connectivity index (χ4v) is 1.82. The van der Waals surface area contributed by atoms with Gasteiger partial charge >= 0.3 is 15.6 Å². The second kappa shape index (κ2) is 4.26. The van der Waals surface area contributed by atoms with Gasteiger partial charge in [0.25, 0.3) is 5.56 Å². The first-order valence-electron chi connectivity index (χ1n) is 4.83. The van der Waals surface area contributed by atoms with Crippen molar-refractivity contribution < 1.29 is 25.8 Å². The van der Waals surface area contributed by atoms with Crippen molar-refractivity contribution in [3.8, 4) is 5.75 Å². The Labute approximate surface area is 105 Å². The van der Waals surface area contributed by atoms with Crippen molar-refractivity contribution in [1.29, 1.82) is 0 Å². The molecule has 9 heteroatoms. The van der Waals surface area contributed by atoms with Gasteiger partial charge in [0.2, 0.25) is 0 Å². The minimum atomic E-state index is -5.78. The predicted octanol–water partition coefficient (Wildman–Crippen LogP) is 1.53. The summed E-state index contributed by atoms with van der Waals surface area (Å²) in [6.07, 6.45) is 1.39. The third-order valence-electron chi connectivity index (χ3n) is 2.17. The molecule has 0 aromatic carbocycles. The Morgan fingerprint density at radius 3 is 2.47 bits per heavy atom. The second-order valence-electron chi connectivity index (χ2n) is 3.51. The number of nitrogens with zero attached hydrogens (tertiary/aromatic N) is 1. The van der Waals surface area contributed by atoms with Gasteiger partial charge in [0, 0.05) is 18.3 Å². The molecule has 0 aliphatic heterocycles. The Morgan fingerprint density at radius 1 is 1.16 bits per heavy atom. The monoisotopic (exact) mass is 293 g/mol. The number of hydrogen-bond acceptors (Lipinski definition) is 4. The maximum absolute atomic E-state index is 12.1. The Hall–Kier alpha value is -2.03. The summed E-state index contributed by atoms with van der Waals surface area (Å²) in [5, 5.41) is 0. The van der Waals surface area contributed by atoms with Crippen LogP contribution in [0.15, 0.2) is 41.3 Å². The summed E-state index contributed by atoms with van der Waals surface area (Å²) in [5.41, 5.74) is -6.04. The molecule has 2 aromatic rings. The smallest absolute Gasteiger partial charge is 0.376 e. The molecule has 19 heavy (non-hydrogen) atoms. The standard InChI is InChI=1S/C10H6F3NO4S/c11-10(12,13)19(16,17)18-8-5-7-3-1-2-4-14(7)9(15)6-8/h1-6H. The molecule has 0 saturated heterocycles. The normalized spacial score (nSPS) is 12.6. The van der Waals surface area contributed by atoms with E-state index in [4.69, 9.17) is 0 Å². The van der Waals surface area contributed by atoms with Crippen molar-refractivity contribution >= 4 is 15.6 Å². The predicted molar refractivity (Wildman–Crippen MR) is 59.3 cm³/mol. The quantitative estimate of drug-likeness (QED) is 0.622. The van der Waals surface area contributed by atoms with Gasteiger partial charge in [0.05, 0.1) is 5.52 Å². The van der Waals surface area contributed by atoms with Gasteiger partial charge < -0.3 is 4.18 Å². The fraction of sp³-hybridized carbons (Fsp3) is 0.100. The van der Waals surface area contributed by atoms with E-state index in [-0.39, 0.29) is 5.52 Å². The maximum atomic E-state index is 12.1. The molecular weight excluding hydrogens is 287 g/mol. The van der Waals surface area contributed by atoms with E-state index in [1.807, 2.05) is 0 Å². The molecule has 102 valence electrons. The highest BCUT2D eigenvalue weighted by Crippen LogP contribution is 2.26. The van der Waals surface area contributed by atoms with Gasteiger partial charge in [-0.15, -0.1) is 0 Å². The number of aromatic nitrogens is 1. The van der Waals surface area contributed by atoms with Crippen molar-refractivity contribution in [3.63, 3.8) is 0 Å². The van der Waals surface area contributed by atoms with Crippen LogP contribution in [0.4, 0.5) is 13.2 Å². The summed E-state index contributed by atoms with van der Waals surface area (Å²) < 4.78 is 63.1. The number of alkyl halides is 3. The van der Waals surface area contributed by atoms with E-state index < -0.39 is 26.9 Å². The average Bonchev–Trinajstić information content (AvgIpc) is 2.27. The van der Waals surface area contributed by atoms with Crippen molar-refractivity contribution in [2.45, 2.75) is 5.51 Å². The highest BCUT2D eigenvalue weighted by molar-refractivity contribution is 7.88. The molecule has 0 bridgehead atoms. The van der Waals surface area contributed by atoms with E-state index in [1.165, 1.54) is 18.3 Å². The van der Waals surface area contributed by atoms with Gasteiger partial charge in [-0.2, -0.15) is 21.6 Å². The average molecular weight is 293 g/mol. The molecule has 0 aliphatic rings. The highest BCUT2D eigenvalue weighted by Gasteiger charge is 2.48. The Kier molecular flexibility index (Phi) is 3.01. The van der Waals surface area contributed by atoms with Gasteiger partial charge in [0.15, 0.2) is 5.75 Å². The van der Waals surface area contributed by atoms with Crippen LogP contribution in [0, 0.1) is 0 Å². The number of halogens is 3. The minimum absolute atomic E-state index is 0.211. The molecule has 0 unspecified atom stereocenters. The van der Waals surface area contributed by atoms with Crippen molar-refractivity contribution in [2.75, 3.05) is 0 Å². The molecule has 5 nitrogen and oxygen atoms in total. The van der Waals surface area contributed by atoms with E-state index in [1.54, 1.807) is 6.07 Å². The summed E-state index contributed by atoms with van der Waals surface area (Å²) in [6.45, 7) is 0. The first-order valence-corrected chi connectivity index (χ1v) is 6.24. The molecule has 0 N–H and O–H groups in total. The first-order chi connectivity index (χ1) is 8.71. The number of fused-ring (bicyclic) bond motifs is 1. The van der Waals surface area contributed by atoms with Gasteiger partial charge in [0.1, 0.15) is 0 Å².